The highest BCUT2D eigenvalue weighted by Crippen LogP contribution is 2.33. The molecule has 5 rings (SSSR count). The molecule has 1 atom stereocenters. The van der Waals surface area contributed by atoms with Crippen molar-refractivity contribution in [2.24, 2.45) is 5.92 Å². The lowest BCUT2D eigenvalue weighted by Gasteiger charge is -2.44. The Labute approximate surface area is 160 Å². The van der Waals surface area contributed by atoms with Gasteiger partial charge in [-0.05, 0) is 65.6 Å². The van der Waals surface area contributed by atoms with Crippen molar-refractivity contribution in [3.8, 4) is 0 Å². The molecule has 2 aromatic heterocycles. The van der Waals surface area contributed by atoms with Crippen molar-refractivity contribution < 1.29 is 9.21 Å². The fourth-order valence-electron chi connectivity index (χ4n) is 4.83. The minimum Gasteiger partial charge on any atom is -0.460 e. The van der Waals surface area contributed by atoms with Gasteiger partial charge in [-0.25, -0.2) is 4.98 Å². The van der Waals surface area contributed by atoms with Crippen LogP contribution in [0.25, 0.3) is 11.0 Å². The number of nitrogens with one attached hydrogen (secondary N) is 1. The molecule has 1 N–H and O–H groups in total. The summed E-state index contributed by atoms with van der Waals surface area (Å²) < 4.78 is 5.86. The largest absolute Gasteiger partial charge is 0.460 e. The zero-order chi connectivity index (χ0) is 19.1. The number of aromatic nitrogens is 1. The third-order valence-corrected chi connectivity index (χ3v) is 6.05. The zero-order valence-corrected chi connectivity index (χ0v) is 16.7. The molecule has 1 amide bonds. The summed E-state index contributed by atoms with van der Waals surface area (Å²) in [6, 6.07) is 2.83. The molecule has 3 aliphatic rings. The molecule has 6 heteroatoms. The van der Waals surface area contributed by atoms with Gasteiger partial charge in [-0.1, -0.05) is 0 Å². The lowest BCUT2D eigenvalue weighted by atomic mass is 9.84. The third kappa shape index (κ3) is 3.31. The van der Waals surface area contributed by atoms with E-state index in [0.717, 1.165) is 30.7 Å². The SMILES string of the molecule is CC(C)N(c1coc2c(C(=O)N[C@H]3CN4CCC3CC4)nccc12)C(C)C. The maximum atomic E-state index is 13.0. The lowest BCUT2D eigenvalue weighted by Crippen LogP contribution is -2.57. The standard InChI is InChI=1S/C21H30N4O2/c1-13(2)25(14(3)4)18-12-27-20-16(18)5-8-22-19(20)21(26)23-17-11-24-9-6-15(17)7-10-24/h5,8,12-15,17H,6-7,9-11H2,1-4H3,(H,23,26)/t17-/m0/s1. The summed E-state index contributed by atoms with van der Waals surface area (Å²) >= 11 is 0. The van der Waals surface area contributed by atoms with Crippen LogP contribution in [0.1, 0.15) is 51.0 Å². The van der Waals surface area contributed by atoms with Crippen molar-refractivity contribution in [2.45, 2.75) is 58.7 Å². The van der Waals surface area contributed by atoms with Crippen molar-refractivity contribution in [1.82, 2.24) is 15.2 Å². The molecule has 146 valence electrons. The van der Waals surface area contributed by atoms with Gasteiger partial charge in [-0.3, -0.25) is 4.79 Å². The fraction of sp³-hybridized carbons (Fsp3) is 0.619. The van der Waals surface area contributed by atoms with Gasteiger partial charge in [0, 0.05) is 36.3 Å². The number of amides is 1. The number of fused-ring (bicyclic) bond motifs is 4. The van der Waals surface area contributed by atoms with E-state index in [4.69, 9.17) is 4.42 Å². The van der Waals surface area contributed by atoms with E-state index >= 15 is 0 Å². The molecule has 3 saturated heterocycles. The Bertz CT molecular complexity index is 813. The van der Waals surface area contributed by atoms with E-state index in [9.17, 15) is 4.79 Å². The molecule has 2 aromatic rings. The van der Waals surface area contributed by atoms with E-state index in [0.29, 0.717) is 29.3 Å². The molecule has 5 heterocycles. The monoisotopic (exact) mass is 370 g/mol. The quantitative estimate of drug-likeness (QED) is 0.875. The third-order valence-electron chi connectivity index (χ3n) is 6.05. The number of nitrogens with zero attached hydrogens (tertiary/aromatic N) is 3. The summed E-state index contributed by atoms with van der Waals surface area (Å²) in [4.78, 5) is 22.1. The second-order valence-electron chi connectivity index (χ2n) is 8.47. The Balaban J connectivity index is 1.62. The minimum absolute atomic E-state index is 0.124. The van der Waals surface area contributed by atoms with Crippen LogP contribution >= 0.6 is 0 Å². The fourth-order valence-corrected chi connectivity index (χ4v) is 4.83. The molecule has 0 spiro atoms. The minimum atomic E-state index is -0.124. The van der Waals surface area contributed by atoms with E-state index < -0.39 is 0 Å². The molecular weight excluding hydrogens is 340 g/mol. The van der Waals surface area contributed by atoms with Crippen LogP contribution in [0.15, 0.2) is 22.9 Å². The second-order valence-corrected chi connectivity index (χ2v) is 8.47. The Hall–Kier alpha value is -2.08. The topological polar surface area (TPSA) is 61.6 Å². The van der Waals surface area contributed by atoms with Crippen molar-refractivity contribution in [3.05, 3.63) is 24.2 Å². The highest BCUT2D eigenvalue weighted by atomic mass is 16.3. The predicted molar refractivity (Wildman–Crippen MR) is 107 cm³/mol. The van der Waals surface area contributed by atoms with Crippen LogP contribution in [-0.2, 0) is 0 Å². The summed E-state index contributed by atoms with van der Waals surface area (Å²) in [5.74, 6) is 0.462. The Morgan fingerprint density at radius 1 is 1.26 bits per heavy atom. The smallest absolute Gasteiger partial charge is 0.274 e. The van der Waals surface area contributed by atoms with Crippen LogP contribution < -0.4 is 10.2 Å². The molecule has 0 unspecified atom stereocenters. The van der Waals surface area contributed by atoms with Crippen molar-refractivity contribution in [1.29, 1.82) is 0 Å². The van der Waals surface area contributed by atoms with Crippen LogP contribution in [0.3, 0.4) is 0 Å². The number of hydrogen-bond acceptors (Lipinski definition) is 5. The lowest BCUT2D eigenvalue weighted by molar-refractivity contribution is 0.0618. The maximum absolute atomic E-state index is 13.0. The van der Waals surface area contributed by atoms with Gasteiger partial charge in [-0.2, -0.15) is 0 Å². The number of hydrogen-bond donors (Lipinski definition) is 1. The normalized spacial score (nSPS) is 24.7. The first-order chi connectivity index (χ1) is 13.0. The molecular formula is C21H30N4O2. The van der Waals surface area contributed by atoms with Gasteiger partial charge in [0.2, 0.25) is 0 Å². The molecule has 6 nitrogen and oxygen atoms in total. The van der Waals surface area contributed by atoms with Crippen LogP contribution in [0.5, 0.6) is 0 Å². The van der Waals surface area contributed by atoms with Crippen molar-refractivity contribution >= 4 is 22.6 Å². The van der Waals surface area contributed by atoms with E-state index in [-0.39, 0.29) is 11.9 Å². The molecule has 3 fully saturated rings. The molecule has 3 aliphatic heterocycles. The number of furan rings is 1. The maximum Gasteiger partial charge on any atom is 0.274 e. The molecule has 2 bridgehead atoms. The molecule has 27 heavy (non-hydrogen) atoms. The number of anilines is 1. The van der Waals surface area contributed by atoms with Crippen molar-refractivity contribution in [2.75, 3.05) is 24.5 Å². The molecule has 0 radical (unpaired) electrons. The second kappa shape index (κ2) is 7.15. The predicted octanol–water partition coefficient (Wildman–Crippen LogP) is 3.28. The summed E-state index contributed by atoms with van der Waals surface area (Å²) in [6.45, 7) is 11.9. The first-order valence-electron chi connectivity index (χ1n) is 10.1. The number of carbonyl (C=O) groups excluding carboxylic acids is 1. The van der Waals surface area contributed by atoms with Gasteiger partial charge in [0.05, 0.1) is 5.69 Å². The molecule has 0 saturated carbocycles. The first-order valence-corrected chi connectivity index (χ1v) is 10.1. The van der Waals surface area contributed by atoms with Gasteiger partial charge in [0.15, 0.2) is 11.3 Å². The average Bonchev–Trinajstić information content (AvgIpc) is 3.06. The van der Waals surface area contributed by atoms with Crippen molar-refractivity contribution in [3.63, 3.8) is 0 Å². The van der Waals surface area contributed by atoms with E-state index in [1.807, 2.05) is 6.07 Å². The summed E-state index contributed by atoms with van der Waals surface area (Å²) in [5, 5.41) is 4.18. The van der Waals surface area contributed by atoms with Crippen LogP contribution in [0.2, 0.25) is 0 Å². The van der Waals surface area contributed by atoms with Gasteiger partial charge in [-0.15, -0.1) is 0 Å². The van der Waals surface area contributed by atoms with Crippen LogP contribution in [0, 0.1) is 5.92 Å². The van der Waals surface area contributed by atoms with Crippen LogP contribution in [0.4, 0.5) is 5.69 Å². The van der Waals surface area contributed by atoms with Gasteiger partial charge in [0.1, 0.15) is 6.26 Å². The van der Waals surface area contributed by atoms with Gasteiger partial charge >= 0.3 is 0 Å². The summed E-state index contributed by atoms with van der Waals surface area (Å²) in [6.07, 6.45) is 5.82. The van der Waals surface area contributed by atoms with Gasteiger partial charge in [0.25, 0.3) is 5.91 Å². The van der Waals surface area contributed by atoms with Crippen LogP contribution in [-0.4, -0.2) is 53.6 Å². The molecule has 0 aliphatic carbocycles. The molecule has 0 aromatic carbocycles. The number of piperidine rings is 3. The van der Waals surface area contributed by atoms with E-state index in [2.05, 4.69) is 47.8 Å². The summed E-state index contributed by atoms with van der Waals surface area (Å²) in [7, 11) is 0. The Morgan fingerprint density at radius 3 is 2.56 bits per heavy atom. The highest BCUT2D eigenvalue weighted by molar-refractivity contribution is 6.06. The average molecular weight is 370 g/mol. The highest BCUT2D eigenvalue weighted by Gasteiger charge is 2.35. The number of pyridine rings is 1. The summed E-state index contributed by atoms with van der Waals surface area (Å²) in [5.41, 5.74) is 1.99. The van der Waals surface area contributed by atoms with E-state index in [1.165, 1.54) is 12.8 Å². The van der Waals surface area contributed by atoms with E-state index in [1.54, 1.807) is 12.5 Å². The first kappa shape index (κ1) is 18.3. The zero-order valence-electron chi connectivity index (χ0n) is 16.7. The number of rotatable bonds is 5. The Kier molecular flexibility index (Phi) is 4.84. The number of carbonyl (C=O) groups is 1. The Morgan fingerprint density at radius 2 is 1.96 bits per heavy atom. The van der Waals surface area contributed by atoms with Gasteiger partial charge < -0.3 is 19.5 Å².